The smallest absolute Gasteiger partial charge is 0.292 e. The second-order valence-electron chi connectivity index (χ2n) is 6.61. The Hall–Kier alpha value is -1.93. The molecule has 0 bridgehead atoms. The van der Waals surface area contributed by atoms with Gasteiger partial charge in [-0.25, -0.2) is 4.98 Å². The number of halogens is 2. The van der Waals surface area contributed by atoms with Gasteiger partial charge in [-0.1, -0.05) is 23.2 Å². The molecule has 28 heavy (non-hydrogen) atoms. The molecule has 0 spiro atoms. The molecule has 2 aromatic heterocycles. The molecule has 0 N–H and O–H groups in total. The van der Waals surface area contributed by atoms with Crippen LogP contribution in [-0.2, 0) is 0 Å². The lowest BCUT2D eigenvalue weighted by molar-refractivity contribution is 0.198. The molecule has 6 nitrogen and oxygen atoms in total. The van der Waals surface area contributed by atoms with Crippen LogP contribution in [0.4, 0.5) is 5.69 Å². The van der Waals surface area contributed by atoms with Gasteiger partial charge >= 0.3 is 0 Å². The monoisotopic (exact) mass is 435 g/mol. The van der Waals surface area contributed by atoms with Crippen molar-refractivity contribution in [1.29, 1.82) is 0 Å². The fourth-order valence-corrected chi connectivity index (χ4v) is 4.46. The average molecular weight is 436 g/mol. The third kappa shape index (κ3) is 3.80. The lowest BCUT2D eigenvalue weighted by atomic mass is 10.2. The standard InChI is InChI=1S/C19H19Cl2N5OS/c1-13(18-22-6-11-28-18)24-7-9-25(10-8-24)16-12-23-26(19(27)17(16)21)15-4-2-14(20)3-5-15/h2-6,11-13H,7-10H2,1H3. The van der Waals surface area contributed by atoms with Crippen LogP contribution in [0.5, 0.6) is 0 Å². The molecule has 0 saturated carbocycles. The predicted octanol–water partition coefficient (Wildman–Crippen LogP) is 3.88. The summed E-state index contributed by atoms with van der Waals surface area (Å²) in [5, 5.41) is 8.24. The lowest BCUT2D eigenvalue weighted by Crippen LogP contribution is -2.47. The Morgan fingerprint density at radius 2 is 1.82 bits per heavy atom. The molecule has 0 amide bonds. The van der Waals surface area contributed by atoms with Crippen LogP contribution < -0.4 is 10.5 Å². The number of nitrogens with zero attached hydrogens (tertiary/aromatic N) is 5. The molecule has 0 aliphatic carbocycles. The van der Waals surface area contributed by atoms with Gasteiger partial charge in [-0.2, -0.15) is 9.78 Å². The summed E-state index contributed by atoms with van der Waals surface area (Å²) in [7, 11) is 0. The van der Waals surface area contributed by atoms with Crippen molar-refractivity contribution in [3.05, 3.63) is 67.4 Å². The second-order valence-corrected chi connectivity index (χ2v) is 8.35. The van der Waals surface area contributed by atoms with E-state index in [1.807, 2.05) is 11.6 Å². The van der Waals surface area contributed by atoms with Gasteiger partial charge in [0.05, 0.1) is 23.6 Å². The summed E-state index contributed by atoms with van der Waals surface area (Å²) in [5.74, 6) is 0. The van der Waals surface area contributed by atoms with Gasteiger partial charge in [0.2, 0.25) is 0 Å². The molecular weight excluding hydrogens is 417 g/mol. The topological polar surface area (TPSA) is 54.3 Å². The van der Waals surface area contributed by atoms with Gasteiger partial charge in [-0.3, -0.25) is 9.69 Å². The first kappa shape index (κ1) is 19.4. The van der Waals surface area contributed by atoms with E-state index in [9.17, 15) is 4.79 Å². The van der Waals surface area contributed by atoms with Crippen LogP contribution in [-0.4, -0.2) is 45.8 Å². The number of benzene rings is 1. The summed E-state index contributed by atoms with van der Waals surface area (Å²) in [5.41, 5.74) is 0.975. The van der Waals surface area contributed by atoms with Crippen molar-refractivity contribution in [2.24, 2.45) is 0 Å². The fraction of sp³-hybridized carbons (Fsp3) is 0.316. The third-order valence-electron chi connectivity index (χ3n) is 4.98. The minimum Gasteiger partial charge on any atom is -0.366 e. The van der Waals surface area contributed by atoms with E-state index < -0.39 is 0 Å². The number of hydrogen-bond acceptors (Lipinski definition) is 6. The highest BCUT2D eigenvalue weighted by Gasteiger charge is 2.25. The van der Waals surface area contributed by atoms with Gasteiger partial charge in [0.15, 0.2) is 0 Å². The molecule has 1 aliphatic rings. The van der Waals surface area contributed by atoms with E-state index in [1.165, 1.54) is 4.68 Å². The second kappa shape index (κ2) is 8.21. The van der Waals surface area contributed by atoms with Gasteiger partial charge in [0, 0.05) is 42.8 Å². The van der Waals surface area contributed by atoms with Gasteiger partial charge in [0.25, 0.3) is 5.56 Å². The van der Waals surface area contributed by atoms with Gasteiger partial charge in [-0.15, -0.1) is 11.3 Å². The molecule has 146 valence electrons. The summed E-state index contributed by atoms with van der Waals surface area (Å²) in [6.45, 7) is 5.48. The molecule has 1 fully saturated rings. The maximum Gasteiger partial charge on any atom is 0.292 e. The lowest BCUT2D eigenvalue weighted by Gasteiger charge is -2.38. The van der Waals surface area contributed by atoms with Crippen LogP contribution in [0.15, 0.2) is 46.8 Å². The van der Waals surface area contributed by atoms with Crippen molar-refractivity contribution in [3.63, 3.8) is 0 Å². The Balaban J connectivity index is 1.50. The predicted molar refractivity (Wildman–Crippen MR) is 114 cm³/mol. The number of thiazole rings is 1. The minimum absolute atomic E-state index is 0.186. The van der Waals surface area contributed by atoms with Crippen molar-refractivity contribution in [2.45, 2.75) is 13.0 Å². The summed E-state index contributed by atoms with van der Waals surface area (Å²) < 4.78 is 1.29. The number of rotatable bonds is 4. The molecule has 1 atom stereocenters. The zero-order valence-electron chi connectivity index (χ0n) is 15.3. The van der Waals surface area contributed by atoms with Crippen LogP contribution in [0.3, 0.4) is 0 Å². The molecule has 1 saturated heterocycles. The molecule has 0 radical (unpaired) electrons. The highest BCUT2D eigenvalue weighted by Crippen LogP contribution is 2.27. The molecule has 1 aromatic carbocycles. The molecule has 1 unspecified atom stereocenters. The van der Waals surface area contributed by atoms with Crippen molar-refractivity contribution in [3.8, 4) is 5.69 Å². The van der Waals surface area contributed by atoms with Crippen molar-refractivity contribution in [2.75, 3.05) is 31.1 Å². The first-order valence-electron chi connectivity index (χ1n) is 8.97. The van der Waals surface area contributed by atoms with Crippen LogP contribution >= 0.6 is 34.5 Å². The van der Waals surface area contributed by atoms with Crippen LogP contribution in [0, 0.1) is 0 Å². The van der Waals surface area contributed by atoms with E-state index in [0.717, 1.165) is 31.2 Å². The number of aromatic nitrogens is 3. The SMILES string of the molecule is CC(c1nccs1)N1CCN(c2cnn(-c3ccc(Cl)cc3)c(=O)c2Cl)CC1. The van der Waals surface area contributed by atoms with E-state index >= 15 is 0 Å². The normalized spacial score (nSPS) is 16.3. The molecular formula is C19H19Cl2N5OS. The Bertz CT molecular complexity index is 998. The summed E-state index contributed by atoms with van der Waals surface area (Å²) >= 11 is 14.0. The van der Waals surface area contributed by atoms with Crippen molar-refractivity contribution >= 4 is 40.2 Å². The molecule has 9 heteroatoms. The van der Waals surface area contributed by atoms with Crippen LogP contribution in [0.25, 0.3) is 5.69 Å². The first-order chi connectivity index (χ1) is 13.5. The molecule has 3 heterocycles. The Morgan fingerprint density at radius 1 is 1.11 bits per heavy atom. The van der Waals surface area contributed by atoms with E-state index in [1.54, 1.807) is 41.8 Å². The van der Waals surface area contributed by atoms with Crippen LogP contribution in [0.1, 0.15) is 18.0 Å². The summed E-state index contributed by atoms with van der Waals surface area (Å²) in [6, 6.07) is 7.20. The minimum atomic E-state index is -0.333. The Kier molecular flexibility index (Phi) is 5.68. The first-order valence-corrected chi connectivity index (χ1v) is 10.6. The Labute approximate surface area is 176 Å². The third-order valence-corrected chi connectivity index (χ3v) is 6.54. The fourth-order valence-electron chi connectivity index (χ4n) is 3.36. The quantitative estimate of drug-likeness (QED) is 0.622. The maximum atomic E-state index is 12.7. The van der Waals surface area contributed by atoms with E-state index in [4.69, 9.17) is 23.2 Å². The number of anilines is 1. The average Bonchev–Trinajstić information content (AvgIpc) is 3.25. The molecule has 3 aromatic rings. The zero-order chi connectivity index (χ0) is 19.7. The van der Waals surface area contributed by atoms with Gasteiger partial charge in [0.1, 0.15) is 10.0 Å². The maximum absolute atomic E-state index is 12.7. The molecule has 4 rings (SSSR count). The number of piperazine rings is 1. The van der Waals surface area contributed by atoms with E-state index in [2.05, 4.69) is 26.8 Å². The van der Waals surface area contributed by atoms with E-state index in [0.29, 0.717) is 16.4 Å². The van der Waals surface area contributed by atoms with E-state index in [-0.39, 0.29) is 16.6 Å². The largest absolute Gasteiger partial charge is 0.366 e. The summed E-state index contributed by atoms with van der Waals surface area (Å²) in [4.78, 5) is 21.7. The zero-order valence-corrected chi connectivity index (χ0v) is 17.6. The highest BCUT2D eigenvalue weighted by atomic mass is 35.5. The van der Waals surface area contributed by atoms with Crippen molar-refractivity contribution in [1.82, 2.24) is 19.7 Å². The molecule has 1 aliphatic heterocycles. The Morgan fingerprint density at radius 3 is 2.46 bits per heavy atom. The highest BCUT2D eigenvalue weighted by molar-refractivity contribution is 7.09. The van der Waals surface area contributed by atoms with Gasteiger partial charge in [-0.05, 0) is 31.2 Å². The van der Waals surface area contributed by atoms with Crippen LogP contribution in [0.2, 0.25) is 10.0 Å². The number of hydrogen-bond donors (Lipinski definition) is 0. The summed E-state index contributed by atoms with van der Waals surface area (Å²) in [6.07, 6.45) is 3.51. The van der Waals surface area contributed by atoms with Gasteiger partial charge < -0.3 is 4.90 Å². The van der Waals surface area contributed by atoms with Crippen molar-refractivity contribution < 1.29 is 0 Å².